The Morgan fingerprint density at radius 1 is 1.50 bits per heavy atom. The van der Waals surface area contributed by atoms with E-state index in [-0.39, 0.29) is 11.8 Å². The number of rotatable bonds is 2. The minimum atomic E-state index is -0.384. The Hall–Kier alpha value is -0.770. The second-order valence-electron chi connectivity index (χ2n) is 2.90. The lowest BCUT2D eigenvalue weighted by molar-refractivity contribution is -0.122. The van der Waals surface area contributed by atoms with Crippen LogP contribution in [-0.4, -0.2) is 5.91 Å². The first-order valence-corrected chi connectivity index (χ1v) is 4.77. The summed E-state index contributed by atoms with van der Waals surface area (Å²) in [7, 11) is 0. The number of hydrogen-bond acceptors (Lipinski definition) is 2. The predicted molar refractivity (Wildman–Crippen MR) is 57.2 cm³/mol. The van der Waals surface area contributed by atoms with Crippen molar-refractivity contribution in [3.05, 3.63) is 33.8 Å². The van der Waals surface area contributed by atoms with Gasteiger partial charge in [-0.1, -0.05) is 29.3 Å². The topological polar surface area (TPSA) is 55.1 Å². The summed E-state index contributed by atoms with van der Waals surface area (Å²) in [5, 5.41) is 1.01. The lowest BCUT2D eigenvalue weighted by Crippen LogP contribution is -2.33. The Morgan fingerprint density at radius 3 is 2.64 bits per heavy atom. The molecule has 0 aromatic heterocycles. The molecule has 0 aliphatic heterocycles. The van der Waals surface area contributed by atoms with E-state index < -0.39 is 0 Å². The number of hydrazine groups is 1. The minimum absolute atomic E-state index is 0.283. The van der Waals surface area contributed by atoms with Crippen LogP contribution in [0.4, 0.5) is 0 Å². The zero-order valence-electron chi connectivity index (χ0n) is 7.55. The van der Waals surface area contributed by atoms with Crippen LogP contribution in [0.3, 0.4) is 0 Å². The first kappa shape index (κ1) is 11.3. The molecule has 0 spiro atoms. The highest BCUT2D eigenvalue weighted by molar-refractivity contribution is 6.35. The third-order valence-corrected chi connectivity index (χ3v) is 2.53. The Kier molecular flexibility index (Phi) is 3.75. The summed E-state index contributed by atoms with van der Waals surface area (Å²) < 4.78 is 0. The van der Waals surface area contributed by atoms with Gasteiger partial charge in [-0.15, -0.1) is 0 Å². The molecule has 1 aromatic carbocycles. The van der Waals surface area contributed by atoms with E-state index in [1.165, 1.54) is 0 Å². The number of nitrogens with one attached hydrogen (secondary N) is 1. The summed E-state index contributed by atoms with van der Waals surface area (Å²) in [6, 6.07) is 4.99. The standard InChI is InChI=1S/C9H10Cl2N2O/c1-5(9(14)13-12)7-3-2-6(10)4-8(7)11/h2-5H,12H2,1H3,(H,13,14). The van der Waals surface area contributed by atoms with Crippen molar-refractivity contribution >= 4 is 29.1 Å². The number of hydrogen-bond donors (Lipinski definition) is 2. The first-order valence-electron chi connectivity index (χ1n) is 4.01. The molecular formula is C9H10Cl2N2O. The molecular weight excluding hydrogens is 223 g/mol. The highest BCUT2D eigenvalue weighted by atomic mass is 35.5. The molecule has 0 saturated carbocycles. The van der Waals surface area contributed by atoms with Crippen molar-refractivity contribution in [2.45, 2.75) is 12.8 Å². The predicted octanol–water partition coefficient (Wildman–Crippen LogP) is 2.09. The molecule has 0 fully saturated rings. The molecule has 3 N–H and O–H groups in total. The number of nitrogens with two attached hydrogens (primary N) is 1. The second kappa shape index (κ2) is 4.64. The molecule has 0 radical (unpaired) electrons. The quantitative estimate of drug-likeness (QED) is 0.466. The van der Waals surface area contributed by atoms with Gasteiger partial charge in [-0.3, -0.25) is 10.2 Å². The Bertz CT molecular complexity index is 355. The van der Waals surface area contributed by atoms with Crippen molar-refractivity contribution in [3.8, 4) is 0 Å². The van der Waals surface area contributed by atoms with Gasteiger partial charge in [0.25, 0.3) is 0 Å². The summed E-state index contributed by atoms with van der Waals surface area (Å²) in [6.45, 7) is 1.72. The van der Waals surface area contributed by atoms with E-state index in [0.29, 0.717) is 15.6 Å². The monoisotopic (exact) mass is 232 g/mol. The highest BCUT2D eigenvalue weighted by Gasteiger charge is 2.16. The van der Waals surface area contributed by atoms with Crippen molar-refractivity contribution in [1.82, 2.24) is 5.43 Å². The fraction of sp³-hybridized carbons (Fsp3) is 0.222. The molecule has 3 nitrogen and oxygen atoms in total. The molecule has 14 heavy (non-hydrogen) atoms. The van der Waals surface area contributed by atoms with Crippen LogP contribution in [0.15, 0.2) is 18.2 Å². The van der Waals surface area contributed by atoms with Gasteiger partial charge in [-0.2, -0.15) is 0 Å². The maximum atomic E-state index is 11.2. The Labute approximate surface area is 92.2 Å². The van der Waals surface area contributed by atoms with Gasteiger partial charge in [0.1, 0.15) is 0 Å². The summed E-state index contributed by atoms with van der Waals surface area (Å²) in [5.41, 5.74) is 2.78. The third kappa shape index (κ3) is 2.38. The fourth-order valence-electron chi connectivity index (χ4n) is 1.12. The van der Waals surface area contributed by atoms with Crippen molar-refractivity contribution in [3.63, 3.8) is 0 Å². The molecule has 76 valence electrons. The maximum Gasteiger partial charge on any atom is 0.241 e. The van der Waals surface area contributed by atoms with E-state index in [2.05, 4.69) is 5.43 Å². The third-order valence-electron chi connectivity index (χ3n) is 1.96. The van der Waals surface area contributed by atoms with Gasteiger partial charge >= 0.3 is 0 Å². The molecule has 0 heterocycles. The Morgan fingerprint density at radius 2 is 2.14 bits per heavy atom. The van der Waals surface area contributed by atoms with Crippen molar-refractivity contribution in [1.29, 1.82) is 0 Å². The van der Waals surface area contributed by atoms with Crippen molar-refractivity contribution in [2.75, 3.05) is 0 Å². The van der Waals surface area contributed by atoms with Crippen LogP contribution in [0.5, 0.6) is 0 Å². The van der Waals surface area contributed by atoms with Gasteiger partial charge in [0.2, 0.25) is 5.91 Å². The first-order chi connectivity index (χ1) is 6.56. The molecule has 1 aromatic rings. The largest absolute Gasteiger partial charge is 0.294 e. The molecule has 1 atom stereocenters. The summed E-state index contributed by atoms with van der Waals surface area (Å²) in [4.78, 5) is 11.2. The zero-order valence-corrected chi connectivity index (χ0v) is 9.06. The summed E-state index contributed by atoms with van der Waals surface area (Å²) >= 11 is 11.6. The van der Waals surface area contributed by atoms with Crippen LogP contribution >= 0.6 is 23.2 Å². The number of amides is 1. The molecule has 1 unspecified atom stereocenters. The summed E-state index contributed by atoms with van der Waals surface area (Å²) in [6.07, 6.45) is 0. The molecule has 1 amide bonds. The fourth-order valence-corrected chi connectivity index (χ4v) is 1.69. The molecule has 0 aliphatic rings. The van der Waals surface area contributed by atoms with E-state index >= 15 is 0 Å². The minimum Gasteiger partial charge on any atom is -0.294 e. The van der Waals surface area contributed by atoms with Gasteiger partial charge in [0.15, 0.2) is 0 Å². The number of halogens is 2. The van der Waals surface area contributed by atoms with Gasteiger partial charge < -0.3 is 0 Å². The van der Waals surface area contributed by atoms with Crippen molar-refractivity contribution < 1.29 is 4.79 Å². The van der Waals surface area contributed by atoms with Crippen LogP contribution < -0.4 is 11.3 Å². The van der Waals surface area contributed by atoms with Crippen LogP contribution in [0.25, 0.3) is 0 Å². The van der Waals surface area contributed by atoms with Crippen LogP contribution in [0.2, 0.25) is 10.0 Å². The van der Waals surface area contributed by atoms with Gasteiger partial charge in [-0.25, -0.2) is 5.84 Å². The summed E-state index contributed by atoms with van der Waals surface area (Å²) in [5.74, 6) is 4.35. The van der Waals surface area contributed by atoms with Gasteiger partial charge in [0.05, 0.1) is 5.92 Å². The number of benzene rings is 1. The Balaban J connectivity index is 3.01. The lowest BCUT2D eigenvalue weighted by atomic mass is 10.0. The van der Waals surface area contributed by atoms with Crippen LogP contribution in [-0.2, 0) is 4.79 Å². The SMILES string of the molecule is CC(C(=O)NN)c1ccc(Cl)cc1Cl. The molecule has 0 aliphatic carbocycles. The molecule has 0 saturated heterocycles. The van der Waals surface area contributed by atoms with E-state index in [1.54, 1.807) is 25.1 Å². The highest BCUT2D eigenvalue weighted by Crippen LogP contribution is 2.27. The average molecular weight is 233 g/mol. The van der Waals surface area contributed by atoms with E-state index in [0.717, 1.165) is 0 Å². The van der Waals surface area contributed by atoms with Gasteiger partial charge in [0, 0.05) is 10.0 Å². The maximum absolute atomic E-state index is 11.2. The van der Waals surface area contributed by atoms with Gasteiger partial charge in [-0.05, 0) is 24.6 Å². The average Bonchev–Trinajstić information content (AvgIpc) is 2.15. The smallest absolute Gasteiger partial charge is 0.241 e. The second-order valence-corrected chi connectivity index (χ2v) is 3.74. The lowest BCUT2D eigenvalue weighted by Gasteiger charge is -2.11. The van der Waals surface area contributed by atoms with Crippen molar-refractivity contribution in [2.24, 2.45) is 5.84 Å². The molecule has 5 heteroatoms. The number of carbonyl (C=O) groups is 1. The van der Waals surface area contributed by atoms with Crippen LogP contribution in [0, 0.1) is 0 Å². The molecule has 0 bridgehead atoms. The van der Waals surface area contributed by atoms with E-state index in [9.17, 15) is 4.79 Å². The normalized spacial score (nSPS) is 12.3. The van der Waals surface area contributed by atoms with E-state index in [4.69, 9.17) is 29.0 Å². The molecule has 1 rings (SSSR count). The van der Waals surface area contributed by atoms with Crippen LogP contribution in [0.1, 0.15) is 18.4 Å². The van der Waals surface area contributed by atoms with E-state index in [1.807, 2.05) is 0 Å². The zero-order chi connectivity index (χ0) is 10.7. The number of carbonyl (C=O) groups excluding carboxylic acids is 1.